The summed E-state index contributed by atoms with van der Waals surface area (Å²) in [4.78, 5) is 24.6. The van der Waals surface area contributed by atoms with Crippen molar-refractivity contribution in [3.8, 4) is 28.7 Å². The maximum absolute atomic E-state index is 13.0. The van der Waals surface area contributed by atoms with Gasteiger partial charge in [-0.05, 0) is 24.6 Å². The summed E-state index contributed by atoms with van der Waals surface area (Å²) in [6, 6.07) is 4.64. The van der Waals surface area contributed by atoms with Crippen LogP contribution in [0.4, 0.5) is 0 Å². The van der Waals surface area contributed by atoms with E-state index in [1.54, 1.807) is 13.0 Å². The van der Waals surface area contributed by atoms with Gasteiger partial charge in [-0.3, -0.25) is 9.59 Å². The van der Waals surface area contributed by atoms with Crippen molar-refractivity contribution >= 4 is 5.78 Å². The standard InChI is InChI=1S/C21H20O8/c1-9(22)6-11-7-12-19-14-10(4-5-13(27-3)16(24)17(14)25)8-21(2,28-19)29-20(12)18(26)15(11)23/h4-5,7,19,23,26H,6,8H2,1-3H3,(H,24,25). The highest BCUT2D eigenvalue weighted by molar-refractivity contribution is 5.80. The molecule has 2 atom stereocenters. The van der Waals surface area contributed by atoms with Crippen molar-refractivity contribution in [1.29, 1.82) is 0 Å². The molecule has 8 heteroatoms. The number of rotatable bonds is 3. The molecule has 8 nitrogen and oxygen atoms in total. The Morgan fingerprint density at radius 1 is 1.24 bits per heavy atom. The number of carbonyl (C=O) groups excluding carboxylic acids is 1. The molecule has 2 aliphatic heterocycles. The lowest BCUT2D eigenvalue weighted by Crippen LogP contribution is -2.47. The number of hydrogen-bond acceptors (Lipinski definition) is 8. The maximum Gasteiger partial charge on any atom is 0.230 e. The molecule has 3 N–H and O–H groups in total. The van der Waals surface area contributed by atoms with Crippen LogP contribution in [0.1, 0.15) is 42.2 Å². The van der Waals surface area contributed by atoms with E-state index in [0.717, 1.165) is 0 Å². The summed E-state index contributed by atoms with van der Waals surface area (Å²) < 4.78 is 17.0. The average molecular weight is 400 g/mol. The number of aromatic hydroxyl groups is 3. The van der Waals surface area contributed by atoms with Crippen LogP contribution in [0.3, 0.4) is 0 Å². The molecule has 2 bridgehead atoms. The molecular formula is C21H20O8. The minimum Gasteiger partial charge on any atom is -0.504 e. The smallest absolute Gasteiger partial charge is 0.230 e. The first-order valence-corrected chi connectivity index (χ1v) is 9.02. The SMILES string of the molecule is COc1ccc2c(c(=O)c1O)C1OC(C)(C2)Oc2c1cc(CC(C)=O)c(O)c2O. The second-order valence-corrected chi connectivity index (χ2v) is 7.46. The first-order valence-electron chi connectivity index (χ1n) is 9.02. The molecule has 0 aliphatic carbocycles. The molecule has 2 aliphatic rings. The zero-order valence-electron chi connectivity index (χ0n) is 16.1. The molecule has 4 rings (SSSR count). The van der Waals surface area contributed by atoms with Crippen LogP contribution in [0.2, 0.25) is 0 Å². The Bertz CT molecular complexity index is 1110. The van der Waals surface area contributed by atoms with Crippen molar-refractivity contribution in [1.82, 2.24) is 0 Å². The molecular weight excluding hydrogens is 380 g/mol. The molecule has 0 spiro atoms. The summed E-state index contributed by atoms with van der Waals surface area (Å²) in [5.41, 5.74) is 0.593. The number of hydrogen-bond donors (Lipinski definition) is 3. The third-order valence-corrected chi connectivity index (χ3v) is 5.21. The highest BCUT2D eigenvalue weighted by Gasteiger charge is 2.47. The molecule has 0 aromatic heterocycles. The van der Waals surface area contributed by atoms with Gasteiger partial charge in [-0.2, -0.15) is 0 Å². The van der Waals surface area contributed by atoms with Gasteiger partial charge in [0, 0.05) is 36.5 Å². The van der Waals surface area contributed by atoms with Gasteiger partial charge in [0.05, 0.1) is 7.11 Å². The van der Waals surface area contributed by atoms with Gasteiger partial charge < -0.3 is 29.5 Å². The number of benzene rings is 1. The number of phenols is 2. The summed E-state index contributed by atoms with van der Waals surface area (Å²) in [5.74, 6) is -2.94. The molecule has 2 heterocycles. The first kappa shape index (κ1) is 19.1. The van der Waals surface area contributed by atoms with Crippen LogP contribution in [0.15, 0.2) is 23.0 Å². The predicted molar refractivity (Wildman–Crippen MR) is 101 cm³/mol. The number of carbonyl (C=O) groups is 1. The van der Waals surface area contributed by atoms with Gasteiger partial charge in [0.15, 0.2) is 17.2 Å². The fourth-order valence-electron chi connectivity index (χ4n) is 3.95. The van der Waals surface area contributed by atoms with E-state index in [9.17, 15) is 24.9 Å². The lowest BCUT2D eigenvalue weighted by atomic mass is 9.87. The molecule has 2 aromatic rings. The maximum atomic E-state index is 13.0. The Kier molecular flexibility index (Phi) is 4.20. The fraction of sp³-hybridized carbons (Fsp3) is 0.333. The third-order valence-electron chi connectivity index (χ3n) is 5.21. The predicted octanol–water partition coefficient (Wildman–Crippen LogP) is 2.07. The quantitative estimate of drug-likeness (QED) is 0.670. The Balaban J connectivity index is 2.02. The molecule has 0 saturated heterocycles. The largest absolute Gasteiger partial charge is 0.504 e. The molecule has 152 valence electrons. The molecule has 2 aromatic carbocycles. The number of ether oxygens (including phenoxy) is 3. The van der Waals surface area contributed by atoms with Crippen LogP contribution in [-0.2, 0) is 22.4 Å². The first-order chi connectivity index (χ1) is 13.6. The monoisotopic (exact) mass is 400 g/mol. The summed E-state index contributed by atoms with van der Waals surface area (Å²) in [6.45, 7) is 3.01. The lowest BCUT2D eigenvalue weighted by molar-refractivity contribution is -0.216. The Hall–Kier alpha value is -3.26. The van der Waals surface area contributed by atoms with Gasteiger partial charge in [-0.1, -0.05) is 6.07 Å². The topological polar surface area (TPSA) is 123 Å². The average Bonchev–Trinajstić information content (AvgIpc) is 2.76. The third kappa shape index (κ3) is 2.87. The molecule has 0 saturated carbocycles. The van der Waals surface area contributed by atoms with Crippen LogP contribution in [0.5, 0.6) is 28.7 Å². The normalized spacial score (nSPS) is 21.6. The molecule has 0 radical (unpaired) electrons. The minimum absolute atomic E-state index is 0.0171. The van der Waals surface area contributed by atoms with Gasteiger partial charge in [-0.25, -0.2) is 0 Å². The second-order valence-electron chi connectivity index (χ2n) is 7.46. The summed E-state index contributed by atoms with van der Waals surface area (Å²) in [7, 11) is 1.34. The van der Waals surface area contributed by atoms with Gasteiger partial charge >= 0.3 is 0 Å². The zero-order valence-corrected chi connectivity index (χ0v) is 16.1. The van der Waals surface area contributed by atoms with Gasteiger partial charge in [0.1, 0.15) is 11.9 Å². The van der Waals surface area contributed by atoms with Crippen molar-refractivity contribution < 1.29 is 34.3 Å². The van der Waals surface area contributed by atoms with Gasteiger partial charge in [-0.15, -0.1) is 0 Å². The summed E-state index contributed by atoms with van der Waals surface area (Å²) in [6.07, 6.45) is -0.921. The fourth-order valence-corrected chi connectivity index (χ4v) is 3.95. The highest BCUT2D eigenvalue weighted by atomic mass is 16.7. The van der Waals surface area contributed by atoms with Gasteiger partial charge in [0.25, 0.3) is 0 Å². The van der Waals surface area contributed by atoms with Crippen LogP contribution in [0, 0.1) is 0 Å². The van der Waals surface area contributed by atoms with Crippen molar-refractivity contribution in [2.24, 2.45) is 0 Å². The number of Topliss-reactive ketones (excluding diaryl/α,β-unsaturated/α-hetero) is 1. The van der Waals surface area contributed by atoms with E-state index in [1.807, 2.05) is 0 Å². The van der Waals surface area contributed by atoms with Crippen LogP contribution in [-0.4, -0.2) is 34.0 Å². The Morgan fingerprint density at radius 3 is 2.62 bits per heavy atom. The second kappa shape index (κ2) is 6.38. The van der Waals surface area contributed by atoms with E-state index < -0.39 is 34.6 Å². The van der Waals surface area contributed by atoms with Crippen molar-refractivity contribution in [2.45, 2.75) is 38.6 Å². The van der Waals surface area contributed by atoms with Crippen LogP contribution in [0.25, 0.3) is 0 Å². The van der Waals surface area contributed by atoms with E-state index in [-0.39, 0.29) is 46.8 Å². The van der Waals surface area contributed by atoms with E-state index in [2.05, 4.69) is 0 Å². The number of fused-ring (bicyclic) bond motifs is 6. The van der Waals surface area contributed by atoms with E-state index in [4.69, 9.17) is 14.2 Å². The summed E-state index contributed by atoms with van der Waals surface area (Å²) in [5, 5.41) is 31.2. The Labute approximate surface area is 165 Å². The molecule has 2 unspecified atom stereocenters. The molecule has 0 fully saturated rings. The highest BCUT2D eigenvalue weighted by Crippen LogP contribution is 2.53. The molecule has 29 heavy (non-hydrogen) atoms. The van der Waals surface area contributed by atoms with Gasteiger partial charge in [0.2, 0.25) is 22.7 Å². The number of ketones is 1. The summed E-state index contributed by atoms with van der Waals surface area (Å²) >= 11 is 0. The zero-order chi connectivity index (χ0) is 21.1. The van der Waals surface area contributed by atoms with Crippen LogP contribution < -0.4 is 14.9 Å². The molecule has 0 amide bonds. The van der Waals surface area contributed by atoms with Crippen molar-refractivity contribution in [3.63, 3.8) is 0 Å². The van der Waals surface area contributed by atoms with E-state index >= 15 is 0 Å². The van der Waals surface area contributed by atoms with Crippen molar-refractivity contribution in [3.05, 3.63) is 50.7 Å². The number of methoxy groups -OCH3 is 1. The van der Waals surface area contributed by atoms with Crippen molar-refractivity contribution in [2.75, 3.05) is 7.11 Å². The minimum atomic E-state index is -1.21. The Morgan fingerprint density at radius 2 is 1.97 bits per heavy atom. The van der Waals surface area contributed by atoms with E-state index in [0.29, 0.717) is 5.56 Å². The number of phenolic OH excluding ortho intramolecular Hbond substituents is 2. The van der Waals surface area contributed by atoms with E-state index in [1.165, 1.54) is 26.2 Å². The lowest BCUT2D eigenvalue weighted by Gasteiger charge is -2.44. The van der Waals surface area contributed by atoms with Crippen LogP contribution >= 0.6 is 0 Å².